The van der Waals surface area contributed by atoms with Gasteiger partial charge in [-0.05, 0) is 48.5 Å². The van der Waals surface area contributed by atoms with Crippen molar-refractivity contribution in [2.45, 2.75) is 0 Å². The van der Waals surface area contributed by atoms with Crippen LogP contribution in [0.25, 0.3) is 0 Å². The summed E-state index contributed by atoms with van der Waals surface area (Å²) in [7, 11) is -2.29. The molecule has 0 saturated carbocycles. The third-order valence-electron chi connectivity index (χ3n) is 2.50. The number of hydrogen-bond acceptors (Lipinski definition) is 3. The summed E-state index contributed by atoms with van der Waals surface area (Å²) in [6.07, 6.45) is 0. The Hall–Kier alpha value is -1.49. The molecule has 20 heavy (non-hydrogen) atoms. The van der Waals surface area contributed by atoms with Gasteiger partial charge in [0.1, 0.15) is 0 Å². The van der Waals surface area contributed by atoms with Crippen LogP contribution in [-0.2, 0) is 10.8 Å². The highest BCUT2D eigenvalue weighted by Crippen LogP contribution is 2.15. The van der Waals surface area contributed by atoms with Crippen molar-refractivity contribution in [1.29, 1.82) is 0 Å². The SMILES string of the molecule is O=C(c1ccc(Cl)cc1)S(=O)C(=O)c1ccc(Cl)cc1. The molecule has 0 radical (unpaired) electrons. The molecule has 0 heterocycles. The topological polar surface area (TPSA) is 51.2 Å². The van der Waals surface area contributed by atoms with E-state index in [4.69, 9.17) is 23.2 Å². The van der Waals surface area contributed by atoms with E-state index < -0.39 is 21.0 Å². The van der Waals surface area contributed by atoms with E-state index in [1.807, 2.05) is 0 Å². The minimum atomic E-state index is -2.29. The van der Waals surface area contributed by atoms with Gasteiger partial charge in [-0.25, -0.2) is 4.21 Å². The number of rotatable bonds is 2. The van der Waals surface area contributed by atoms with Crippen LogP contribution in [0.1, 0.15) is 20.7 Å². The van der Waals surface area contributed by atoms with E-state index in [0.29, 0.717) is 10.0 Å². The van der Waals surface area contributed by atoms with Gasteiger partial charge in [0.2, 0.25) is 0 Å². The monoisotopic (exact) mass is 326 g/mol. The molecule has 6 heteroatoms. The fraction of sp³-hybridized carbons (Fsp3) is 0. The van der Waals surface area contributed by atoms with E-state index in [0.717, 1.165) is 0 Å². The molecular weight excluding hydrogens is 319 g/mol. The average Bonchev–Trinajstić information content (AvgIpc) is 2.46. The molecule has 0 aliphatic rings. The average molecular weight is 327 g/mol. The number of halogens is 2. The van der Waals surface area contributed by atoms with Gasteiger partial charge < -0.3 is 0 Å². The van der Waals surface area contributed by atoms with E-state index in [2.05, 4.69) is 0 Å². The van der Waals surface area contributed by atoms with Crippen molar-refractivity contribution in [3.05, 3.63) is 69.7 Å². The Bertz CT molecular complexity index is 619. The molecule has 3 nitrogen and oxygen atoms in total. The lowest BCUT2D eigenvalue weighted by Crippen LogP contribution is -2.17. The number of carbonyl (C=O) groups is 2. The van der Waals surface area contributed by atoms with Crippen LogP contribution in [0.15, 0.2) is 48.5 Å². The highest BCUT2D eigenvalue weighted by atomic mass is 35.5. The molecule has 0 N–H and O–H groups in total. The predicted octanol–water partition coefficient (Wildman–Crippen LogP) is 3.72. The van der Waals surface area contributed by atoms with Crippen molar-refractivity contribution in [3.8, 4) is 0 Å². The molecule has 2 aromatic carbocycles. The molecule has 0 saturated heterocycles. The van der Waals surface area contributed by atoms with Gasteiger partial charge in [0.15, 0.2) is 10.8 Å². The highest BCUT2D eigenvalue weighted by molar-refractivity contribution is 8.14. The van der Waals surface area contributed by atoms with E-state index in [9.17, 15) is 13.8 Å². The van der Waals surface area contributed by atoms with E-state index in [1.54, 1.807) is 0 Å². The van der Waals surface area contributed by atoms with Crippen LogP contribution in [-0.4, -0.2) is 14.4 Å². The lowest BCUT2D eigenvalue weighted by molar-refractivity contribution is 0.105. The largest absolute Gasteiger partial charge is 0.278 e. The van der Waals surface area contributed by atoms with Crippen LogP contribution in [0.4, 0.5) is 0 Å². The van der Waals surface area contributed by atoms with Crippen LogP contribution < -0.4 is 0 Å². The zero-order chi connectivity index (χ0) is 14.7. The Morgan fingerprint density at radius 2 is 1.00 bits per heavy atom. The molecule has 2 aromatic rings. The minimum Gasteiger partial charge on any atom is -0.278 e. The maximum atomic E-state index is 12.0. The van der Waals surface area contributed by atoms with Crippen LogP contribution >= 0.6 is 23.2 Å². The zero-order valence-corrected chi connectivity index (χ0v) is 12.3. The standard InChI is InChI=1S/C14H8Cl2O3S/c15-11-5-1-9(2-6-11)13(17)20(19)14(18)10-3-7-12(16)8-4-10/h1-8H. The third-order valence-corrected chi connectivity index (χ3v) is 4.15. The quantitative estimate of drug-likeness (QED) is 0.845. The van der Waals surface area contributed by atoms with Crippen molar-refractivity contribution in [1.82, 2.24) is 0 Å². The summed E-state index contributed by atoms with van der Waals surface area (Å²) in [5, 5.41) is -0.587. The minimum absolute atomic E-state index is 0.176. The van der Waals surface area contributed by atoms with Gasteiger partial charge in [-0.2, -0.15) is 0 Å². The summed E-state index contributed by atoms with van der Waals surface area (Å²) in [5.74, 6) is 0. The lowest BCUT2D eigenvalue weighted by atomic mass is 10.2. The summed E-state index contributed by atoms with van der Waals surface area (Å²) in [6.45, 7) is 0. The first-order valence-corrected chi connectivity index (χ1v) is 7.41. The Kier molecular flexibility index (Phi) is 4.70. The smallest absolute Gasteiger partial charge is 0.257 e. The van der Waals surface area contributed by atoms with Crippen LogP contribution in [0.5, 0.6) is 0 Å². The molecule has 0 fully saturated rings. The maximum absolute atomic E-state index is 12.0. The molecule has 102 valence electrons. The van der Waals surface area contributed by atoms with E-state index in [1.165, 1.54) is 48.5 Å². The fourth-order valence-electron chi connectivity index (χ4n) is 1.47. The second-order valence-corrected chi connectivity index (χ2v) is 6.01. The molecule has 0 aliphatic heterocycles. The van der Waals surface area contributed by atoms with E-state index >= 15 is 0 Å². The van der Waals surface area contributed by atoms with Crippen LogP contribution in [0, 0.1) is 0 Å². The zero-order valence-electron chi connectivity index (χ0n) is 10.0. The van der Waals surface area contributed by atoms with Crippen molar-refractivity contribution >= 4 is 44.2 Å². The molecule has 2 rings (SSSR count). The Morgan fingerprint density at radius 1 is 0.700 bits per heavy atom. The van der Waals surface area contributed by atoms with Crippen LogP contribution in [0.2, 0.25) is 10.0 Å². The number of benzene rings is 2. The number of hydrogen-bond donors (Lipinski definition) is 0. The van der Waals surface area contributed by atoms with E-state index in [-0.39, 0.29) is 11.1 Å². The van der Waals surface area contributed by atoms with Gasteiger partial charge in [-0.1, -0.05) is 23.2 Å². The van der Waals surface area contributed by atoms with Crippen molar-refractivity contribution in [2.24, 2.45) is 0 Å². The molecule has 0 aromatic heterocycles. The van der Waals surface area contributed by atoms with Gasteiger partial charge in [0, 0.05) is 21.2 Å². The van der Waals surface area contributed by atoms with Gasteiger partial charge >= 0.3 is 0 Å². The first-order valence-electron chi connectivity index (χ1n) is 5.50. The molecule has 0 atom stereocenters. The molecule has 0 unspecified atom stereocenters. The Morgan fingerprint density at radius 3 is 1.30 bits per heavy atom. The van der Waals surface area contributed by atoms with Crippen molar-refractivity contribution < 1.29 is 13.8 Å². The second kappa shape index (κ2) is 6.31. The molecule has 0 bridgehead atoms. The van der Waals surface area contributed by atoms with Gasteiger partial charge in [0.05, 0.1) is 0 Å². The first-order chi connectivity index (χ1) is 9.49. The number of carbonyl (C=O) groups excluding carboxylic acids is 2. The van der Waals surface area contributed by atoms with Gasteiger partial charge in [0.25, 0.3) is 10.2 Å². The van der Waals surface area contributed by atoms with Crippen molar-refractivity contribution in [2.75, 3.05) is 0 Å². The summed E-state index contributed by atoms with van der Waals surface area (Å²) >= 11 is 11.4. The molecular formula is C14H8Cl2O3S. The summed E-state index contributed by atoms with van der Waals surface area (Å²) in [6, 6.07) is 11.7. The molecule has 0 spiro atoms. The molecule has 0 amide bonds. The summed E-state index contributed by atoms with van der Waals surface area (Å²) in [5.41, 5.74) is 0.352. The van der Waals surface area contributed by atoms with Crippen LogP contribution in [0.3, 0.4) is 0 Å². The van der Waals surface area contributed by atoms with Crippen molar-refractivity contribution in [3.63, 3.8) is 0 Å². The normalized spacial score (nSPS) is 10.6. The highest BCUT2D eigenvalue weighted by Gasteiger charge is 2.23. The molecule has 0 aliphatic carbocycles. The fourth-order valence-corrected chi connectivity index (χ4v) is 2.59. The third kappa shape index (κ3) is 3.33. The van der Waals surface area contributed by atoms with Gasteiger partial charge in [-0.15, -0.1) is 0 Å². The summed E-state index contributed by atoms with van der Waals surface area (Å²) in [4.78, 5) is 23.9. The maximum Gasteiger partial charge on any atom is 0.257 e. The summed E-state index contributed by atoms with van der Waals surface area (Å²) < 4.78 is 12.0. The first kappa shape index (κ1) is 14.9. The lowest BCUT2D eigenvalue weighted by Gasteiger charge is -2.01. The Balaban J connectivity index is 2.22. The Labute approximate surface area is 128 Å². The second-order valence-electron chi connectivity index (χ2n) is 3.86. The van der Waals surface area contributed by atoms with Gasteiger partial charge in [-0.3, -0.25) is 9.59 Å². The predicted molar refractivity (Wildman–Crippen MR) is 79.7 cm³/mol.